The summed E-state index contributed by atoms with van der Waals surface area (Å²) < 4.78 is 35.4. The molecule has 2 aliphatic rings. The van der Waals surface area contributed by atoms with E-state index in [9.17, 15) is 13.6 Å². The Balaban J connectivity index is 1.38. The smallest absolute Gasteiger partial charge is 0.255 e. The molecule has 0 bridgehead atoms. The van der Waals surface area contributed by atoms with E-state index in [4.69, 9.17) is 4.74 Å². The summed E-state index contributed by atoms with van der Waals surface area (Å²) in [6, 6.07) is 7.88. The van der Waals surface area contributed by atoms with Gasteiger partial charge in [-0.2, -0.15) is 9.61 Å². The molecule has 0 unspecified atom stereocenters. The van der Waals surface area contributed by atoms with E-state index in [0.717, 1.165) is 38.2 Å². The average molecular weight is 470 g/mol. The Morgan fingerprint density at radius 3 is 2.71 bits per heavy atom. The van der Waals surface area contributed by atoms with Crippen LogP contribution in [0.4, 0.5) is 8.78 Å². The molecule has 1 amide bonds. The van der Waals surface area contributed by atoms with Gasteiger partial charge in [-0.3, -0.25) is 9.69 Å². The standard InChI is InChI=1S/C25H29F2N5O2/c1-15-9-22-24(25(33)28-17-11-18-13-30(3)7-8-31(18)12-17)16(2)29-32(22)23(10-15)34-14-19-20(26)5-4-6-21(19)27/h4-6,9-10,17-18H,7-8,11-14H2,1-3H3,(H,28,33)/t17-,18-/m0/s1. The second kappa shape index (κ2) is 8.96. The summed E-state index contributed by atoms with van der Waals surface area (Å²) in [5, 5.41) is 7.72. The molecule has 1 N–H and O–H groups in total. The third kappa shape index (κ3) is 4.25. The van der Waals surface area contributed by atoms with Crippen LogP contribution >= 0.6 is 0 Å². The van der Waals surface area contributed by atoms with E-state index in [-0.39, 0.29) is 24.1 Å². The minimum absolute atomic E-state index is 0.0860. The number of nitrogens with one attached hydrogen (secondary N) is 1. The number of aryl methyl sites for hydroxylation is 2. The van der Waals surface area contributed by atoms with Crippen molar-refractivity contribution >= 4 is 11.4 Å². The van der Waals surface area contributed by atoms with Crippen LogP contribution < -0.4 is 10.1 Å². The molecule has 180 valence electrons. The molecular formula is C25H29F2N5O2. The Bertz CT molecular complexity index is 1220. The van der Waals surface area contributed by atoms with Gasteiger partial charge in [0.05, 0.1) is 22.3 Å². The number of aromatic nitrogens is 2. The van der Waals surface area contributed by atoms with Crippen LogP contribution in [0.1, 0.15) is 33.6 Å². The molecule has 0 saturated carbocycles. The molecule has 3 aromatic rings. The molecule has 0 radical (unpaired) electrons. The molecule has 2 aromatic heterocycles. The highest BCUT2D eigenvalue weighted by Gasteiger charge is 2.36. The fourth-order valence-corrected chi connectivity index (χ4v) is 5.12. The molecule has 4 heterocycles. The predicted octanol–water partition coefficient (Wildman–Crippen LogP) is 2.93. The Kier molecular flexibility index (Phi) is 5.99. The first-order valence-electron chi connectivity index (χ1n) is 11.6. The van der Waals surface area contributed by atoms with Gasteiger partial charge in [-0.05, 0) is 51.1 Å². The van der Waals surface area contributed by atoms with Crippen LogP contribution in [0, 0.1) is 25.5 Å². The topological polar surface area (TPSA) is 62.1 Å². The number of carbonyl (C=O) groups is 1. The van der Waals surface area contributed by atoms with Gasteiger partial charge in [0.1, 0.15) is 18.2 Å². The molecule has 2 atom stereocenters. The number of rotatable bonds is 5. The number of nitrogens with zero attached hydrogens (tertiary/aromatic N) is 4. The number of amides is 1. The highest BCUT2D eigenvalue weighted by atomic mass is 19.1. The molecule has 0 spiro atoms. The maximum Gasteiger partial charge on any atom is 0.255 e. The zero-order valence-electron chi connectivity index (χ0n) is 19.6. The van der Waals surface area contributed by atoms with Crippen LogP contribution in [0.15, 0.2) is 30.3 Å². The fraction of sp³-hybridized carbons (Fsp3) is 0.440. The number of ether oxygens (including phenoxy) is 1. The van der Waals surface area contributed by atoms with E-state index < -0.39 is 11.6 Å². The summed E-state index contributed by atoms with van der Waals surface area (Å²) in [4.78, 5) is 18.1. The number of benzene rings is 1. The van der Waals surface area contributed by atoms with Crippen LogP contribution in [-0.2, 0) is 6.61 Å². The van der Waals surface area contributed by atoms with Gasteiger partial charge in [0, 0.05) is 44.3 Å². The minimum Gasteiger partial charge on any atom is -0.473 e. The van der Waals surface area contributed by atoms with E-state index in [1.807, 2.05) is 13.0 Å². The lowest BCUT2D eigenvalue weighted by Gasteiger charge is -2.34. The number of fused-ring (bicyclic) bond motifs is 2. The van der Waals surface area contributed by atoms with Crippen molar-refractivity contribution in [3.05, 3.63) is 64.4 Å². The first-order valence-corrected chi connectivity index (χ1v) is 11.6. The number of carbonyl (C=O) groups excluding carboxylic acids is 1. The van der Waals surface area contributed by atoms with E-state index in [2.05, 4.69) is 27.3 Å². The summed E-state index contributed by atoms with van der Waals surface area (Å²) >= 11 is 0. The van der Waals surface area contributed by atoms with Crippen LogP contribution in [0.2, 0.25) is 0 Å². The summed E-state index contributed by atoms with van der Waals surface area (Å²) in [6.07, 6.45) is 0.927. The van der Waals surface area contributed by atoms with Crippen LogP contribution in [0.25, 0.3) is 5.52 Å². The SMILES string of the molecule is Cc1cc(OCc2c(F)cccc2F)n2nc(C)c(C(=O)N[C@H]3C[C@H]4CN(C)CCN4C3)c2c1. The molecule has 34 heavy (non-hydrogen) atoms. The number of likely N-dealkylation sites (N-methyl/N-ethyl adjacent to an activating group) is 1. The van der Waals surface area contributed by atoms with Gasteiger partial charge in [-0.15, -0.1) is 0 Å². The maximum absolute atomic E-state index is 14.0. The van der Waals surface area contributed by atoms with Crippen molar-refractivity contribution in [3.8, 4) is 5.88 Å². The zero-order valence-corrected chi connectivity index (χ0v) is 19.6. The van der Waals surface area contributed by atoms with Gasteiger partial charge in [0.2, 0.25) is 5.88 Å². The third-order valence-electron chi connectivity index (χ3n) is 6.83. The summed E-state index contributed by atoms with van der Waals surface area (Å²) in [6.45, 7) is 7.31. The fourth-order valence-electron chi connectivity index (χ4n) is 5.12. The van der Waals surface area contributed by atoms with Gasteiger partial charge in [-0.1, -0.05) is 6.07 Å². The van der Waals surface area contributed by atoms with Crippen LogP contribution in [0.3, 0.4) is 0 Å². The quantitative estimate of drug-likeness (QED) is 0.623. The van der Waals surface area contributed by atoms with E-state index in [1.54, 1.807) is 13.0 Å². The Labute approximate surface area is 197 Å². The number of pyridine rings is 1. The van der Waals surface area contributed by atoms with Gasteiger partial charge < -0.3 is 15.0 Å². The second-order valence-corrected chi connectivity index (χ2v) is 9.43. The second-order valence-electron chi connectivity index (χ2n) is 9.43. The van der Waals surface area contributed by atoms with Crippen molar-refractivity contribution < 1.29 is 18.3 Å². The van der Waals surface area contributed by atoms with Crippen molar-refractivity contribution in [2.75, 3.05) is 33.2 Å². The van der Waals surface area contributed by atoms with Crippen LogP contribution in [-0.4, -0.2) is 70.6 Å². The number of halogens is 2. The minimum atomic E-state index is -0.667. The zero-order chi connectivity index (χ0) is 24.0. The first kappa shape index (κ1) is 22.7. The molecule has 0 aliphatic carbocycles. The molecule has 5 rings (SSSR count). The third-order valence-corrected chi connectivity index (χ3v) is 6.83. The lowest BCUT2D eigenvalue weighted by Crippen LogP contribution is -2.48. The highest BCUT2D eigenvalue weighted by Crippen LogP contribution is 2.26. The van der Waals surface area contributed by atoms with Crippen molar-refractivity contribution in [1.82, 2.24) is 24.7 Å². The molecule has 7 nitrogen and oxygen atoms in total. The summed E-state index contributed by atoms with van der Waals surface area (Å²) in [5.41, 5.74) is 2.37. The predicted molar refractivity (Wildman–Crippen MR) is 124 cm³/mol. The van der Waals surface area contributed by atoms with Crippen molar-refractivity contribution in [1.29, 1.82) is 0 Å². The normalized spacial score (nSPS) is 21.1. The Morgan fingerprint density at radius 2 is 1.94 bits per heavy atom. The first-order chi connectivity index (χ1) is 16.3. The number of hydrogen-bond donors (Lipinski definition) is 1. The Morgan fingerprint density at radius 1 is 1.18 bits per heavy atom. The molecular weight excluding hydrogens is 440 g/mol. The number of hydrogen-bond acceptors (Lipinski definition) is 5. The largest absolute Gasteiger partial charge is 0.473 e. The van der Waals surface area contributed by atoms with Crippen molar-refractivity contribution in [3.63, 3.8) is 0 Å². The molecule has 1 aromatic carbocycles. The van der Waals surface area contributed by atoms with Gasteiger partial charge in [-0.25, -0.2) is 8.78 Å². The van der Waals surface area contributed by atoms with Gasteiger partial charge in [0.15, 0.2) is 0 Å². The maximum atomic E-state index is 14.0. The summed E-state index contributed by atoms with van der Waals surface area (Å²) in [5.74, 6) is -1.18. The molecule has 9 heteroatoms. The molecule has 2 fully saturated rings. The van der Waals surface area contributed by atoms with Crippen LogP contribution in [0.5, 0.6) is 5.88 Å². The Hall–Kier alpha value is -3.04. The lowest BCUT2D eigenvalue weighted by molar-refractivity contribution is 0.0937. The van der Waals surface area contributed by atoms with E-state index >= 15 is 0 Å². The average Bonchev–Trinajstić information content (AvgIpc) is 3.32. The van der Waals surface area contributed by atoms with Crippen molar-refractivity contribution in [2.24, 2.45) is 0 Å². The summed E-state index contributed by atoms with van der Waals surface area (Å²) in [7, 11) is 2.13. The van der Waals surface area contributed by atoms with Gasteiger partial charge in [0.25, 0.3) is 5.91 Å². The van der Waals surface area contributed by atoms with E-state index in [1.165, 1.54) is 22.7 Å². The molecule has 2 aliphatic heterocycles. The van der Waals surface area contributed by atoms with E-state index in [0.29, 0.717) is 28.7 Å². The lowest BCUT2D eigenvalue weighted by atomic mass is 10.1. The monoisotopic (exact) mass is 469 g/mol. The highest BCUT2D eigenvalue weighted by molar-refractivity contribution is 6.02. The molecule has 2 saturated heterocycles. The van der Waals surface area contributed by atoms with Gasteiger partial charge >= 0.3 is 0 Å². The van der Waals surface area contributed by atoms with Crippen molar-refractivity contribution in [2.45, 2.75) is 39.0 Å². The number of piperazine rings is 1.